The average molecular weight is 381 g/mol. The quantitative estimate of drug-likeness (QED) is 0.610. The van der Waals surface area contributed by atoms with E-state index in [4.69, 9.17) is 9.84 Å². The van der Waals surface area contributed by atoms with E-state index >= 15 is 0 Å². The van der Waals surface area contributed by atoms with E-state index in [1.807, 2.05) is 18.7 Å². The number of carbonyl (C=O) groups is 2. The van der Waals surface area contributed by atoms with Crippen molar-refractivity contribution in [3.05, 3.63) is 35.6 Å². The Bertz CT molecular complexity index is 634. The normalized spacial score (nSPS) is 21.2. The standard InChI is InChI=1S/C19H28FN3O4/c1-4-23(11-17(24)25)16-9-15(10-16)22-19(26)21-12(2)18(27-3)13-5-7-14(20)8-6-13/h5-8,12,15-16,18H,4,9-11H2,1-3H3,(H,24,25)(H2,21,22,26). The highest BCUT2D eigenvalue weighted by atomic mass is 19.1. The second-order valence-corrected chi connectivity index (χ2v) is 6.89. The lowest BCUT2D eigenvalue weighted by atomic mass is 9.85. The zero-order valence-corrected chi connectivity index (χ0v) is 15.9. The summed E-state index contributed by atoms with van der Waals surface area (Å²) in [6.07, 6.45) is 1.07. The molecule has 1 aromatic carbocycles. The summed E-state index contributed by atoms with van der Waals surface area (Å²) in [5.74, 6) is -1.17. The van der Waals surface area contributed by atoms with Crippen molar-refractivity contribution in [3.8, 4) is 0 Å². The highest BCUT2D eigenvalue weighted by Gasteiger charge is 2.35. The van der Waals surface area contributed by atoms with Crippen LogP contribution < -0.4 is 10.6 Å². The minimum atomic E-state index is -0.841. The second kappa shape index (κ2) is 9.66. The number of rotatable bonds is 9. The van der Waals surface area contributed by atoms with Crippen molar-refractivity contribution in [2.24, 2.45) is 0 Å². The monoisotopic (exact) mass is 381 g/mol. The molecule has 8 heteroatoms. The second-order valence-electron chi connectivity index (χ2n) is 6.89. The minimum Gasteiger partial charge on any atom is -0.480 e. The van der Waals surface area contributed by atoms with E-state index in [2.05, 4.69) is 10.6 Å². The number of halogens is 1. The Morgan fingerprint density at radius 2 is 1.96 bits per heavy atom. The fourth-order valence-electron chi connectivity index (χ4n) is 3.47. The van der Waals surface area contributed by atoms with Gasteiger partial charge in [0.2, 0.25) is 0 Å². The van der Waals surface area contributed by atoms with Crippen molar-refractivity contribution >= 4 is 12.0 Å². The molecular weight excluding hydrogens is 353 g/mol. The van der Waals surface area contributed by atoms with Gasteiger partial charge >= 0.3 is 12.0 Å². The smallest absolute Gasteiger partial charge is 0.317 e. The van der Waals surface area contributed by atoms with Crippen LogP contribution in [0.4, 0.5) is 9.18 Å². The van der Waals surface area contributed by atoms with E-state index < -0.39 is 12.1 Å². The molecular formula is C19H28FN3O4. The Kier molecular flexibility index (Phi) is 7.55. The van der Waals surface area contributed by atoms with Gasteiger partial charge in [-0.1, -0.05) is 19.1 Å². The Labute approximate surface area is 158 Å². The van der Waals surface area contributed by atoms with Crippen LogP contribution in [0.2, 0.25) is 0 Å². The van der Waals surface area contributed by atoms with Crippen molar-refractivity contribution in [1.82, 2.24) is 15.5 Å². The first-order valence-corrected chi connectivity index (χ1v) is 9.15. The number of hydrogen-bond acceptors (Lipinski definition) is 4. The van der Waals surface area contributed by atoms with Crippen LogP contribution in [0, 0.1) is 5.82 Å². The van der Waals surface area contributed by atoms with E-state index in [1.54, 1.807) is 19.2 Å². The summed E-state index contributed by atoms with van der Waals surface area (Å²) in [5.41, 5.74) is 0.780. The zero-order valence-electron chi connectivity index (χ0n) is 15.9. The molecule has 3 N–H and O–H groups in total. The average Bonchev–Trinajstić information content (AvgIpc) is 2.58. The lowest BCUT2D eigenvalue weighted by Gasteiger charge is -2.42. The molecule has 0 radical (unpaired) electrons. The number of urea groups is 1. The molecule has 0 saturated heterocycles. The summed E-state index contributed by atoms with van der Waals surface area (Å²) in [7, 11) is 1.54. The first kappa shape index (κ1) is 21.1. The molecule has 1 aromatic rings. The molecule has 2 rings (SSSR count). The maximum Gasteiger partial charge on any atom is 0.317 e. The van der Waals surface area contributed by atoms with Crippen LogP contribution >= 0.6 is 0 Å². The van der Waals surface area contributed by atoms with Gasteiger partial charge in [0.15, 0.2) is 0 Å². The van der Waals surface area contributed by atoms with Crippen molar-refractivity contribution in [3.63, 3.8) is 0 Å². The Morgan fingerprint density at radius 3 is 2.48 bits per heavy atom. The van der Waals surface area contributed by atoms with Gasteiger partial charge in [-0.05, 0) is 44.0 Å². The highest BCUT2D eigenvalue weighted by molar-refractivity contribution is 5.74. The van der Waals surface area contributed by atoms with E-state index in [1.165, 1.54) is 12.1 Å². The summed E-state index contributed by atoms with van der Waals surface area (Å²) >= 11 is 0. The molecule has 0 aromatic heterocycles. The lowest BCUT2D eigenvalue weighted by molar-refractivity contribution is -0.139. The summed E-state index contributed by atoms with van der Waals surface area (Å²) < 4.78 is 18.5. The number of ether oxygens (including phenoxy) is 1. The molecule has 2 unspecified atom stereocenters. The Hall–Kier alpha value is -2.19. The maximum absolute atomic E-state index is 13.1. The van der Waals surface area contributed by atoms with Gasteiger partial charge < -0.3 is 20.5 Å². The predicted molar refractivity (Wildman–Crippen MR) is 99.0 cm³/mol. The molecule has 7 nitrogen and oxygen atoms in total. The number of nitrogens with one attached hydrogen (secondary N) is 2. The fraction of sp³-hybridized carbons (Fsp3) is 0.579. The van der Waals surface area contributed by atoms with Crippen molar-refractivity contribution in [1.29, 1.82) is 0 Å². The zero-order chi connectivity index (χ0) is 20.0. The topological polar surface area (TPSA) is 90.9 Å². The molecule has 2 atom stereocenters. The Morgan fingerprint density at radius 1 is 1.33 bits per heavy atom. The largest absolute Gasteiger partial charge is 0.480 e. The van der Waals surface area contributed by atoms with Crippen LogP contribution in [-0.2, 0) is 9.53 Å². The number of methoxy groups -OCH3 is 1. The van der Waals surface area contributed by atoms with Gasteiger partial charge in [0.25, 0.3) is 0 Å². The van der Waals surface area contributed by atoms with Gasteiger partial charge in [-0.3, -0.25) is 9.69 Å². The molecule has 150 valence electrons. The Balaban J connectivity index is 1.80. The van der Waals surface area contributed by atoms with Crippen molar-refractivity contribution < 1.29 is 23.8 Å². The number of benzene rings is 1. The number of likely N-dealkylation sites (N-methyl/N-ethyl adjacent to an activating group) is 1. The van der Waals surface area contributed by atoms with E-state index in [9.17, 15) is 14.0 Å². The van der Waals surface area contributed by atoms with E-state index in [0.29, 0.717) is 6.54 Å². The first-order chi connectivity index (χ1) is 12.8. The molecule has 1 fully saturated rings. The van der Waals surface area contributed by atoms with Crippen LogP contribution in [0.15, 0.2) is 24.3 Å². The SMILES string of the molecule is CCN(CC(=O)O)C1CC(NC(=O)NC(C)C(OC)c2ccc(F)cc2)C1. The third-order valence-electron chi connectivity index (χ3n) is 4.97. The number of amides is 2. The number of nitrogens with zero attached hydrogens (tertiary/aromatic N) is 1. The van der Waals surface area contributed by atoms with Gasteiger partial charge in [0.1, 0.15) is 11.9 Å². The van der Waals surface area contributed by atoms with Crippen LogP contribution in [0.5, 0.6) is 0 Å². The van der Waals surface area contributed by atoms with Gasteiger partial charge in [0.05, 0.1) is 12.6 Å². The molecule has 0 aliphatic heterocycles. The van der Waals surface area contributed by atoms with Gasteiger partial charge in [-0.25, -0.2) is 9.18 Å². The number of hydrogen-bond donors (Lipinski definition) is 3. The minimum absolute atomic E-state index is 0.0182. The van der Waals surface area contributed by atoms with Crippen LogP contribution in [0.25, 0.3) is 0 Å². The van der Waals surface area contributed by atoms with Gasteiger partial charge in [-0.15, -0.1) is 0 Å². The maximum atomic E-state index is 13.1. The molecule has 0 bridgehead atoms. The van der Waals surface area contributed by atoms with Crippen molar-refractivity contribution in [2.75, 3.05) is 20.2 Å². The van der Waals surface area contributed by atoms with E-state index in [0.717, 1.165) is 18.4 Å². The summed E-state index contributed by atoms with van der Waals surface area (Å²) in [4.78, 5) is 25.0. The summed E-state index contributed by atoms with van der Waals surface area (Å²) in [6, 6.07) is 5.59. The van der Waals surface area contributed by atoms with Crippen LogP contribution in [-0.4, -0.2) is 60.3 Å². The van der Waals surface area contributed by atoms with Crippen molar-refractivity contribution in [2.45, 2.75) is 50.9 Å². The fourth-order valence-corrected chi connectivity index (χ4v) is 3.47. The van der Waals surface area contributed by atoms with Crippen LogP contribution in [0.3, 0.4) is 0 Å². The number of carboxylic acids is 1. The third-order valence-corrected chi connectivity index (χ3v) is 4.97. The van der Waals surface area contributed by atoms with E-state index in [-0.39, 0.29) is 36.5 Å². The highest BCUT2D eigenvalue weighted by Crippen LogP contribution is 2.26. The molecule has 0 heterocycles. The molecule has 1 aliphatic carbocycles. The number of carboxylic acid groups (broad SMARTS) is 1. The van der Waals surface area contributed by atoms with Crippen LogP contribution in [0.1, 0.15) is 38.4 Å². The molecule has 0 spiro atoms. The molecule has 2 amide bonds. The lowest BCUT2D eigenvalue weighted by Crippen LogP contribution is -2.57. The predicted octanol–water partition coefficient (Wildman–Crippen LogP) is 2.14. The summed E-state index contributed by atoms with van der Waals surface area (Å²) in [6.45, 7) is 4.44. The molecule has 1 aliphatic rings. The van der Waals surface area contributed by atoms with Gasteiger partial charge in [0, 0.05) is 19.2 Å². The molecule has 27 heavy (non-hydrogen) atoms. The molecule has 1 saturated carbocycles. The first-order valence-electron chi connectivity index (χ1n) is 9.15. The number of carbonyl (C=O) groups excluding carboxylic acids is 1. The number of aliphatic carboxylic acids is 1. The third kappa shape index (κ3) is 5.90. The summed E-state index contributed by atoms with van der Waals surface area (Å²) in [5, 5.41) is 14.7. The van der Waals surface area contributed by atoms with Gasteiger partial charge in [-0.2, -0.15) is 0 Å².